The van der Waals surface area contributed by atoms with Gasteiger partial charge in [-0.3, -0.25) is 4.72 Å². The van der Waals surface area contributed by atoms with Crippen LogP contribution in [0.5, 0.6) is 0 Å². The van der Waals surface area contributed by atoms with Gasteiger partial charge in [-0.15, -0.1) is 11.8 Å². The van der Waals surface area contributed by atoms with Crippen LogP contribution < -0.4 is 4.72 Å². The predicted molar refractivity (Wildman–Crippen MR) is 109 cm³/mol. The molecule has 3 nitrogen and oxygen atoms in total. The van der Waals surface area contributed by atoms with Gasteiger partial charge in [0.25, 0.3) is 10.0 Å². The largest absolute Gasteiger partial charge is 0.280 e. The van der Waals surface area contributed by atoms with Crippen molar-refractivity contribution in [1.82, 2.24) is 0 Å². The molecule has 0 saturated heterocycles. The Labute approximate surface area is 159 Å². The van der Waals surface area contributed by atoms with Crippen LogP contribution in [0.25, 0.3) is 0 Å². The molecule has 1 N–H and O–H groups in total. The van der Waals surface area contributed by atoms with Gasteiger partial charge in [-0.2, -0.15) is 0 Å². The molecule has 0 aromatic heterocycles. The summed E-state index contributed by atoms with van der Waals surface area (Å²) in [5.74, 6) is 0.841. The first-order chi connectivity index (χ1) is 12.4. The van der Waals surface area contributed by atoms with Crippen LogP contribution in [0, 0.1) is 13.8 Å². The number of hydrogen-bond acceptors (Lipinski definition) is 3. The number of rotatable bonds is 6. The van der Waals surface area contributed by atoms with Gasteiger partial charge in [-0.1, -0.05) is 42.5 Å². The summed E-state index contributed by atoms with van der Waals surface area (Å²) in [6.45, 7) is 3.69. The third kappa shape index (κ3) is 4.68. The normalized spacial score (nSPS) is 11.3. The van der Waals surface area contributed by atoms with Crippen LogP contribution in [0.4, 0.5) is 5.69 Å². The minimum Gasteiger partial charge on any atom is -0.280 e. The highest BCUT2D eigenvalue weighted by Crippen LogP contribution is 2.24. The van der Waals surface area contributed by atoms with E-state index in [4.69, 9.17) is 0 Å². The van der Waals surface area contributed by atoms with Gasteiger partial charge >= 0.3 is 0 Å². The number of nitrogens with one attached hydrogen (secondary N) is 1. The van der Waals surface area contributed by atoms with Crippen molar-refractivity contribution in [3.8, 4) is 0 Å². The van der Waals surface area contributed by atoms with Crippen LogP contribution in [0.3, 0.4) is 0 Å². The molecule has 0 atom stereocenters. The average molecular weight is 384 g/mol. The van der Waals surface area contributed by atoms with Crippen LogP contribution in [0.2, 0.25) is 0 Å². The van der Waals surface area contributed by atoms with E-state index in [1.165, 1.54) is 4.90 Å². The molecule has 0 aliphatic heterocycles. The van der Waals surface area contributed by atoms with Gasteiger partial charge in [0.15, 0.2) is 0 Å². The zero-order chi connectivity index (χ0) is 18.6. The van der Waals surface area contributed by atoms with E-state index >= 15 is 0 Å². The van der Waals surface area contributed by atoms with Crippen molar-refractivity contribution in [3.63, 3.8) is 0 Å². The predicted octanol–water partition coefficient (Wildman–Crippen LogP) is 5.40. The SMILES string of the molecule is Cc1ccc(C)c(S(=O)(=O)Nc2ccc(CSc3ccccc3)cc2)c1. The topological polar surface area (TPSA) is 46.2 Å². The summed E-state index contributed by atoms with van der Waals surface area (Å²) in [5, 5.41) is 0. The van der Waals surface area contributed by atoms with Gasteiger partial charge < -0.3 is 0 Å². The lowest BCUT2D eigenvalue weighted by atomic mass is 10.2. The quantitative estimate of drug-likeness (QED) is 0.580. The minimum absolute atomic E-state index is 0.321. The Morgan fingerprint density at radius 1 is 0.885 bits per heavy atom. The van der Waals surface area contributed by atoms with Gasteiger partial charge in [-0.05, 0) is 60.9 Å². The second-order valence-electron chi connectivity index (χ2n) is 6.17. The molecule has 0 heterocycles. The van der Waals surface area contributed by atoms with E-state index in [-0.39, 0.29) is 0 Å². The van der Waals surface area contributed by atoms with Crippen molar-refractivity contribution in [2.45, 2.75) is 29.4 Å². The van der Waals surface area contributed by atoms with Crippen molar-refractivity contribution in [2.24, 2.45) is 0 Å². The highest BCUT2D eigenvalue weighted by atomic mass is 32.2. The maximum atomic E-state index is 12.7. The average Bonchev–Trinajstić information content (AvgIpc) is 2.64. The number of hydrogen-bond donors (Lipinski definition) is 1. The molecule has 0 amide bonds. The monoisotopic (exact) mass is 383 g/mol. The summed E-state index contributed by atoms with van der Waals surface area (Å²) in [6, 6.07) is 23.2. The van der Waals surface area contributed by atoms with E-state index in [9.17, 15) is 8.42 Å². The molecule has 0 bridgehead atoms. The summed E-state index contributed by atoms with van der Waals surface area (Å²) < 4.78 is 28.0. The Bertz CT molecular complexity index is 982. The molecule has 3 rings (SSSR count). The molecule has 0 saturated carbocycles. The fraction of sp³-hybridized carbons (Fsp3) is 0.143. The van der Waals surface area contributed by atoms with E-state index < -0.39 is 10.0 Å². The first-order valence-corrected chi connectivity index (χ1v) is 10.8. The van der Waals surface area contributed by atoms with Crippen LogP contribution >= 0.6 is 11.8 Å². The molecular formula is C21H21NO2S2. The van der Waals surface area contributed by atoms with E-state index in [1.54, 1.807) is 24.8 Å². The highest BCUT2D eigenvalue weighted by molar-refractivity contribution is 7.98. The number of sulfonamides is 1. The Morgan fingerprint density at radius 3 is 2.27 bits per heavy atom. The van der Waals surface area contributed by atoms with Crippen LogP contribution in [-0.2, 0) is 15.8 Å². The van der Waals surface area contributed by atoms with Crippen molar-refractivity contribution in [2.75, 3.05) is 4.72 Å². The summed E-state index contributed by atoms with van der Waals surface area (Å²) in [6.07, 6.45) is 0. The van der Waals surface area contributed by atoms with Gasteiger partial charge in [-0.25, -0.2) is 8.42 Å². The fourth-order valence-electron chi connectivity index (χ4n) is 2.56. The lowest BCUT2D eigenvalue weighted by Gasteiger charge is -2.11. The molecule has 26 heavy (non-hydrogen) atoms. The van der Waals surface area contributed by atoms with Crippen LogP contribution in [-0.4, -0.2) is 8.42 Å². The van der Waals surface area contributed by atoms with Gasteiger partial charge in [0.2, 0.25) is 0 Å². The lowest BCUT2D eigenvalue weighted by molar-refractivity contribution is 0.600. The zero-order valence-corrected chi connectivity index (χ0v) is 16.4. The second kappa shape index (κ2) is 7.98. The highest BCUT2D eigenvalue weighted by Gasteiger charge is 2.17. The molecule has 0 radical (unpaired) electrons. The molecule has 0 aliphatic rings. The number of thioether (sulfide) groups is 1. The molecule has 0 unspecified atom stereocenters. The van der Waals surface area contributed by atoms with Crippen LogP contribution in [0.1, 0.15) is 16.7 Å². The zero-order valence-electron chi connectivity index (χ0n) is 14.8. The number of anilines is 1. The van der Waals surface area contributed by atoms with Gasteiger partial charge in [0.05, 0.1) is 4.90 Å². The van der Waals surface area contributed by atoms with Crippen molar-refractivity contribution < 1.29 is 8.42 Å². The van der Waals surface area contributed by atoms with Crippen molar-refractivity contribution >= 4 is 27.5 Å². The van der Waals surface area contributed by atoms with E-state index in [1.807, 2.05) is 61.5 Å². The molecule has 0 spiro atoms. The van der Waals surface area contributed by atoms with Crippen LogP contribution in [0.15, 0.2) is 82.6 Å². The molecule has 134 valence electrons. The van der Waals surface area contributed by atoms with E-state index in [0.29, 0.717) is 10.6 Å². The third-order valence-electron chi connectivity index (χ3n) is 3.99. The molecule has 0 aliphatic carbocycles. The summed E-state index contributed by atoms with van der Waals surface area (Å²) in [4.78, 5) is 1.54. The van der Waals surface area contributed by atoms with E-state index in [2.05, 4.69) is 16.9 Å². The van der Waals surface area contributed by atoms with Crippen molar-refractivity contribution in [1.29, 1.82) is 0 Å². The number of aryl methyl sites for hydroxylation is 2. The maximum absolute atomic E-state index is 12.7. The second-order valence-corrected chi connectivity index (χ2v) is 8.87. The Morgan fingerprint density at radius 2 is 1.58 bits per heavy atom. The van der Waals surface area contributed by atoms with Gasteiger partial charge in [0, 0.05) is 16.3 Å². The summed E-state index contributed by atoms with van der Waals surface area (Å²) in [5.41, 5.74) is 3.37. The summed E-state index contributed by atoms with van der Waals surface area (Å²) >= 11 is 1.75. The minimum atomic E-state index is -3.59. The Hall–Kier alpha value is -2.24. The Kier molecular flexibility index (Phi) is 5.69. The molecular weight excluding hydrogens is 362 g/mol. The van der Waals surface area contributed by atoms with E-state index in [0.717, 1.165) is 22.4 Å². The summed E-state index contributed by atoms with van der Waals surface area (Å²) in [7, 11) is -3.59. The third-order valence-corrected chi connectivity index (χ3v) is 6.59. The number of benzene rings is 3. The Balaban J connectivity index is 1.69. The van der Waals surface area contributed by atoms with Crippen molar-refractivity contribution in [3.05, 3.63) is 89.5 Å². The standard InChI is InChI=1S/C21H21NO2S2/c1-16-8-9-17(2)21(14-16)26(23,24)22-19-12-10-18(11-13-19)15-25-20-6-4-3-5-7-20/h3-14,22H,15H2,1-2H3. The lowest BCUT2D eigenvalue weighted by Crippen LogP contribution is -2.14. The molecule has 5 heteroatoms. The maximum Gasteiger partial charge on any atom is 0.262 e. The van der Waals surface area contributed by atoms with Gasteiger partial charge in [0.1, 0.15) is 0 Å². The first kappa shape index (κ1) is 18.5. The molecule has 3 aromatic carbocycles. The smallest absolute Gasteiger partial charge is 0.262 e. The first-order valence-electron chi connectivity index (χ1n) is 8.31. The fourth-order valence-corrected chi connectivity index (χ4v) is 4.82. The molecule has 3 aromatic rings. The molecule has 0 fully saturated rings.